The van der Waals surface area contributed by atoms with Gasteiger partial charge in [0.25, 0.3) is 5.91 Å². The summed E-state index contributed by atoms with van der Waals surface area (Å²) in [6.07, 6.45) is 1.06. The van der Waals surface area contributed by atoms with E-state index in [1.807, 2.05) is 5.32 Å². The number of anilines is 3. The molecule has 1 aliphatic rings. The second-order valence-electron chi connectivity index (χ2n) is 9.02. The fraction of sp³-hybridized carbons (Fsp3) is 0.148. The van der Waals surface area contributed by atoms with Crippen molar-refractivity contribution in [1.82, 2.24) is 0 Å². The summed E-state index contributed by atoms with van der Waals surface area (Å²) < 4.78 is 56.7. The van der Waals surface area contributed by atoms with Crippen LogP contribution in [0.3, 0.4) is 0 Å². The van der Waals surface area contributed by atoms with Crippen LogP contribution in [-0.2, 0) is 9.59 Å². The predicted octanol–water partition coefficient (Wildman–Crippen LogP) is 8.50. The van der Waals surface area contributed by atoms with Gasteiger partial charge in [0, 0.05) is 24.1 Å². The molecule has 1 fully saturated rings. The van der Waals surface area contributed by atoms with E-state index < -0.39 is 79.8 Å². The van der Waals surface area contributed by atoms with Gasteiger partial charge in [0.2, 0.25) is 11.8 Å². The van der Waals surface area contributed by atoms with Crippen molar-refractivity contribution in [3.05, 3.63) is 98.5 Å². The number of carbonyl (C=O) groups excluding carboxylic acids is 3. The molecule has 0 spiro atoms. The second kappa shape index (κ2) is 12.3. The molecule has 3 N–H and O–H groups in total. The van der Waals surface area contributed by atoms with Crippen molar-refractivity contribution in [2.24, 2.45) is 5.92 Å². The fourth-order valence-corrected chi connectivity index (χ4v) is 5.59. The summed E-state index contributed by atoms with van der Waals surface area (Å²) in [6, 6.07) is 5.82. The lowest BCUT2D eigenvalue weighted by molar-refractivity contribution is -0.117. The first kappa shape index (κ1) is 31.9. The van der Waals surface area contributed by atoms with E-state index in [2.05, 4.69) is 17.2 Å². The van der Waals surface area contributed by atoms with Crippen molar-refractivity contribution >= 4 is 92.8 Å². The molecule has 4 rings (SSSR count). The molecule has 0 aliphatic heterocycles. The van der Waals surface area contributed by atoms with Crippen LogP contribution in [0.1, 0.15) is 28.3 Å². The number of halogens is 9. The largest absolute Gasteiger partial charge is 0.326 e. The highest BCUT2D eigenvalue weighted by Gasteiger charge is 2.67. The van der Waals surface area contributed by atoms with E-state index in [1.165, 1.54) is 18.2 Å². The maximum absolute atomic E-state index is 14.9. The zero-order chi connectivity index (χ0) is 31.1. The van der Waals surface area contributed by atoms with E-state index in [1.54, 1.807) is 0 Å². The average molecular weight is 684 g/mol. The third-order valence-corrected chi connectivity index (χ3v) is 8.31. The summed E-state index contributed by atoms with van der Waals surface area (Å²) in [5.74, 6) is -10.8. The normalized spacial score (nSPS) is 16.9. The standard InChI is InChI=1S/C27H16Cl5F4N3O3/c1-2-3-18(40)38-17-5-4-15(33)24(23(17)36)39-25(41)12-8-11(9-16(34)22(12)35)37-26(42)20-19(27(20,31)32)10-6-13(28)21(30)14(29)7-10/h2,4-9,19-20H,1,3H2,(H,37,42)(H,38,40)(H,39,41)/t19-,20+/m0/s1. The molecule has 6 nitrogen and oxygen atoms in total. The monoisotopic (exact) mass is 681 g/mol. The van der Waals surface area contributed by atoms with E-state index >= 15 is 0 Å². The van der Waals surface area contributed by atoms with Gasteiger partial charge in [-0.2, -0.15) is 0 Å². The van der Waals surface area contributed by atoms with E-state index in [0.29, 0.717) is 11.6 Å². The zero-order valence-electron chi connectivity index (χ0n) is 20.7. The lowest BCUT2D eigenvalue weighted by Crippen LogP contribution is -2.20. The number of hydrogen-bond donors (Lipinski definition) is 3. The number of nitrogens with one attached hydrogen (secondary N) is 3. The average Bonchev–Trinajstić information content (AvgIpc) is 3.50. The Kier molecular flexibility index (Phi) is 9.34. The van der Waals surface area contributed by atoms with Gasteiger partial charge < -0.3 is 16.0 Å². The smallest absolute Gasteiger partial charge is 0.258 e. The quantitative estimate of drug-likeness (QED) is 0.0964. The van der Waals surface area contributed by atoms with Gasteiger partial charge in [0.05, 0.1) is 32.2 Å². The molecule has 0 bridgehead atoms. The molecule has 3 aromatic rings. The van der Waals surface area contributed by atoms with Crippen LogP contribution in [0.25, 0.3) is 0 Å². The maximum atomic E-state index is 14.9. The predicted molar refractivity (Wildman–Crippen MR) is 155 cm³/mol. The van der Waals surface area contributed by atoms with E-state index in [9.17, 15) is 31.9 Å². The molecule has 1 aliphatic carbocycles. The molecule has 220 valence electrons. The van der Waals surface area contributed by atoms with Crippen molar-refractivity contribution in [2.75, 3.05) is 16.0 Å². The Morgan fingerprint density at radius 1 is 0.881 bits per heavy atom. The van der Waals surface area contributed by atoms with Crippen molar-refractivity contribution in [3.63, 3.8) is 0 Å². The molecule has 42 heavy (non-hydrogen) atoms. The Balaban J connectivity index is 1.57. The molecule has 1 saturated carbocycles. The number of carbonyl (C=O) groups is 3. The third-order valence-electron chi connectivity index (χ3n) is 6.18. The molecule has 15 heteroatoms. The molecular formula is C27H16Cl5F4N3O3. The Labute approximate surface area is 260 Å². The minimum absolute atomic E-state index is 0.0787. The summed E-state index contributed by atoms with van der Waals surface area (Å²) in [5, 5.41) is 6.54. The summed E-state index contributed by atoms with van der Waals surface area (Å²) in [7, 11) is 0. The van der Waals surface area contributed by atoms with E-state index in [0.717, 1.165) is 18.2 Å². The minimum Gasteiger partial charge on any atom is -0.326 e. The first-order valence-corrected chi connectivity index (χ1v) is 13.6. The lowest BCUT2D eigenvalue weighted by atomic mass is 10.1. The number of benzene rings is 3. The van der Waals surface area contributed by atoms with Gasteiger partial charge in [-0.15, -0.1) is 29.8 Å². The van der Waals surface area contributed by atoms with Crippen LogP contribution in [0.4, 0.5) is 34.6 Å². The van der Waals surface area contributed by atoms with E-state index in [-0.39, 0.29) is 21.5 Å². The van der Waals surface area contributed by atoms with Crippen LogP contribution in [0.15, 0.2) is 49.1 Å². The van der Waals surface area contributed by atoms with Gasteiger partial charge in [0.15, 0.2) is 17.5 Å². The zero-order valence-corrected chi connectivity index (χ0v) is 24.5. The van der Waals surface area contributed by atoms with Crippen LogP contribution in [0, 0.1) is 29.2 Å². The number of hydrogen-bond acceptors (Lipinski definition) is 3. The molecule has 3 amide bonds. The number of amides is 3. The highest BCUT2D eigenvalue weighted by molar-refractivity contribution is 6.54. The van der Waals surface area contributed by atoms with Crippen molar-refractivity contribution in [3.8, 4) is 0 Å². The topological polar surface area (TPSA) is 87.3 Å². The molecule has 2 atom stereocenters. The second-order valence-corrected chi connectivity index (χ2v) is 11.7. The SMILES string of the molecule is C=CCC(=O)Nc1ccc(F)c(NC(=O)c2cc(NC(=O)[C@H]3[C@H](c4cc(Cl)c(Cl)c(Cl)c4)C3(Cl)Cl)cc(F)c2F)c1F. The summed E-state index contributed by atoms with van der Waals surface area (Å²) in [6.45, 7) is 3.37. The van der Waals surface area contributed by atoms with Crippen molar-refractivity contribution in [2.45, 2.75) is 16.7 Å². The van der Waals surface area contributed by atoms with E-state index in [4.69, 9.17) is 58.0 Å². The number of alkyl halides is 2. The highest BCUT2D eigenvalue weighted by Crippen LogP contribution is 2.65. The van der Waals surface area contributed by atoms with Crippen LogP contribution in [-0.4, -0.2) is 22.1 Å². The Morgan fingerprint density at radius 2 is 1.52 bits per heavy atom. The van der Waals surface area contributed by atoms with Crippen LogP contribution < -0.4 is 16.0 Å². The van der Waals surface area contributed by atoms with Crippen LogP contribution >= 0.6 is 58.0 Å². The molecule has 0 aromatic heterocycles. The van der Waals surface area contributed by atoms with Gasteiger partial charge in [0.1, 0.15) is 15.8 Å². The summed E-state index contributed by atoms with van der Waals surface area (Å²) in [4.78, 5) is 37.6. The first-order chi connectivity index (χ1) is 19.7. The fourth-order valence-electron chi connectivity index (χ4n) is 4.15. The maximum Gasteiger partial charge on any atom is 0.258 e. The highest BCUT2D eigenvalue weighted by atomic mass is 35.5. The first-order valence-electron chi connectivity index (χ1n) is 11.7. The molecule has 0 saturated heterocycles. The summed E-state index contributed by atoms with van der Waals surface area (Å²) in [5.41, 5.74) is -2.54. The van der Waals surface area contributed by atoms with Gasteiger partial charge in [-0.05, 0) is 35.9 Å². The van der Waals surface area contributed by atoms with Crippen molar-refractivity contribution in [1.29, 1.82) is 0 Å². The molecular weight excluding hydrogens is 668 g/mol. The number of rotatable bonds is 8. The molecule has 0 radical (unpaired) electrons. The van der Waals surface area contributed by atoms with Crippen LogP contribution in [0.2, 0.25) is 15.1 Å². The molecule has 0 heterocycles. The summed E-state index contributed by atoms with van der Waals surface area (Å²) >= 11 is 30.7. The van der Waals surface area contributed by atoms with Gasteiger partial charge >= 0.3 is 0 Å². The Morgan fingerprint density at radius 3 is 2.14 bits per heavy atom. The third kappa shape index (κ3) is 6.33. The lowest BCUT2D eigenvalue weighted by Gasteiger charge is -2.13. The van der Waals surface area contributed by atoms with Crippen molar-refractivity contribution < 1.29 is 31.9 Å². The Hall–Kier alpha value is -3.02. The van der Waals surface area contributed by atoms with Gasteiger partial charge in [-0.3, -0.25) is 14.4 Å². The Bertz CT molecular complexity index is 1630. The minimum atomic E-state index is -1.67. The van der Waals surface area contributed by atoms with Crippen LogP contribution in [0.5, 0.6) is 0 Å². The van der Waals surface area contributed by atoms with Gasteiger partial charge in [-0.1, -0.05) is 40.9 Å². The molecule has 0 unspecified atom stereocenters. The van der Waals surface area contributed by atoms with Gasteiger partial charge in [-0.25, -0.2) is 17.6 Å². The molecule has 3 aromatic carbocycles.